The van der Waals surface area contributed by atoms with Gasteiger partial charge in [-0.15, -0.1) is 9.63 Å². The first kappa shape index (κ1) is 12.5. The Labute approximate surface area is 107 Å². The van der Waals surface area contributed by atoms with E-state index in [9.17, 15) is 4.79 Å². The summed E-state index contributed by atoms with van der Waals surface area (Å²) in [4.78, 5) is 15.1. The topological polar surface area (TPSA) is 92.6 Å². The molecule has 7 nitrogen and oxygen atoms in total. The molecule has 0 atom stereocenters. The summed E-state index contributed by atoms with van der Waals surface area (Å²) in [5.74, 6) is 0.355. The molecule has 0 aliphatic rings. The van der Waals surface area contributed by atoms with Crippen LogP contribution >= 0.6 is 11.9 Å². The zero-order valence-corrected chi connectivity index (χ0v) is 10.5. The fourth-order valence-corrected chi connectivity index (χ4v) is 1.65. The second-order valence-electron chi connectivity index (χ2n) is 3.21. The molecule has 2 aromatic rings. The second kappa shape index (κ2) is 6.10. The molecule has 0 aliphatic heterocycles. The fourth-order valence-electron chi connectivity index (χ4n) is 1.27. The predicted molar refractivity (Wildman–Crippen MR) is 67.5 cm³/mol. The van der Waals surface area contributed by atoms with Crippen LogP contribution in [-0.4, -0.2) is 33.5 Å². The Balaban J connectivity index is 1.95. The summed E-state index contributed by atoms with van der Waals surface area (Å²) >= 11 is 1.02. The zero-order chi connectivity index (χ0) is 12.8. The molecule has 18 heavy (non-hydrogen) atoms. The number of pyridine rings is 1. The average Bonchev–Trinajstić information content (AvgIpc) is 2.78. The van der Waals surface area contributed by atoms with Crippen molar-refractivity contribution < 1.29 is 9.53 Å². The highest BCUT2D eigenvalue weighted by molar-refractivity contribution is 7.98. The monoisotopic (exact) mass is 265 g/mol. The van der Waals surface area contributed by atoms with E-state index >= 15 is 0 Å². The standard InChI is InChI=1S/C10H11N5O2S/c1-2-17-8(16)6-18-15-14-10-7-4-3-5-11-9(7)12-13-10/h3-5H,2,6H2,1H3,(H,11,12,13)/b15-14+. The number of carbonyl (C=O) groups excluding carboxylic acids is 1. The SMILES string of the molecule is CCOC(=O)CS/N=N/c1[nH]nc2ncccc12. The number of ether oxygens (including phenoxy) is 1. The van der Waals surface area contributed by atoms with Crippen molar-refractivity contribution in [2.45, 2.75) is 6.92 Å². The molecule has 0 aromatic carbocycles. The van der Waals surface area contributed by atoms with Gasteiger partial charge in [-0.3, -0.25) is 9.89 Å². The van der Waals surface area contributed by atoms with Gasteiger partial charge in [-0.2, -0.15) is 5.10 Å². The summed E-state index contributed by atoms with van der Waals surface area (Å²) in [6.07, 6.45) is 1.65. The number of fused-ring (bicyclic) bond motifs is 1. The lowest BCUT2D eigenvalue weighted by molar-refractivity contribution is -0.139. The van der Waals surface area contributed by atoms with E-state index in [1.54, 1.807) is 19.2 Å². The van der Waals surface area contributed by atoms with Gasteiger partial charge in [0.25, 0.3) is 0 Å². The van der Waals surface area contributed by atoms with Gasteiger partial charge < -0.3 is 4.74 Å². The number of hydrogen-bond donors (Lipinski definition) is 1. The Hall–Kier alpha value is -1.96. The normalized spacial score (nSPS) is 11.2. The molecule has 8 heteroatoms. The van der Waals surface area contributed by atoms with E-state index in [0.29, 0.717) is 18.1 Å². The molecule has 0 unspecified atom stereocenters. The van der Waals surface area contributed by atoms with Crippen molar-refractivity contribution in [2.24, 2.45) is 9.63 Å². The highest BCUT2D eigenvalue weighted by Crippen LogP contribution is 2.22. The highest BCUT2D eigenvalue weighted by atomic mass is 32.2. The molecule has 0 spiro atoms. The van der Waals surface area contributed by atoms with Gasteiger partial charge in [-0.05, 0) is 19.1 Å². The number of nitrogens with zero attached hydrogens (tertiary/aromatic N) is 4. The molecule has 0 radical (unpaired) electrons. The van der Waals surface area contributed by atoms with Gasteiger partial charge in [0.2, 0.25) is 0 Å². The summed E-state index contributed by atoms with van der Waals surface area (Å²) in [6, 6.07) is 3.64. The molecular weight excluding hydrogens is 254 g/mol. The van der Waals surface area contributed by atoms with Crippen LogP contribution in [0.4, 0.5) is 5.82 Å². The molecule has 0 bridgehead atoms. The highest BCUT2D eigenvalue weighted by Gasteiger charge is 2.04. The van der Waals surface area contributed by atoms with Gasteiger partial charge in [-0.25, -0.2) is 4.98 Å². The maximum absolute atomic E-state index is 11.0. The van der Waals surface area contributed by atoms with Crippen molar-refractivity contribution in [3.8, 4) is 0 Å². The third-order valence-electron chi connectivity index (χ3n) is 2.00. The number of hydrogen-bond acceptors (Lipinski definition) is 7. The predicted octanol–water partition coefficient (Wildman–Crippen LogP) is 2.25. The van der Waals surface area contributed by atoms with Crippen LogP contribution in [0.3, 0.4) is 0 Å². The molecule has 0 aliphatic carbocycles. The largest absolute Gasteiger partial charge is 0.465 e. The van der Waals surface area contributed by atoms with E-state index in [2.05, 4.69) is 24.8 Å². The number of esters is 1. The number of carbonyl (C=O) groups is 1. The van der Waals surface area contributed by atoms with E-state index < -0.39 is 0 Å². The molecule has 0 amide bonds. The minimum atomic E-state index is -0.308. The maximum atomic E-state index is 11.0. The van der Waals surface area contributed by atoms with Gasteiger partial charge in [0, 0.05) is 18.1 Å². The van der Waals surface area contributed by atoms with Crippen LogP contribution in [0, 0.1) is 0 Å². The maximum Gasteiger partial charge on any atom is 0.317 e. The van der Waals surface area contributed by atoms with Gasteiger partial charge >= 0.3 is 5.97 Å². The Morgan fingerprint density at radius 1 is 1.61 bits per heavy atom. The van der Waals surface area contributed by atoms with Crippen molar-refractivity contribution in [3.05, 3.63) is 18.3 Å². The molecule has 2 aromatic heterocycles. The lowest BCUT2D eigenvalue weighted by Gasteiger charge is -1.96. The first-order valence-electron chi connectivity index (χ1n) is 5.29. The minimum Gasteiger partial charge on any atom is -0.465 e. The smallest absolute Gasteiger partial charge is 0.317 e. The Kier molecular flexibility index (Phi) is 4.24. The Morgan fingerprint density at radius 3 is 3.33 bits per heavy atom. The Bertz CT molecular complexity index is 568. The first-order chi connectivity index (χ1) is 8.81. The van der Waals surface area contributed by atoms with Crippen LogP contribution in [-0.2, 0) is 9.53 Å². The molecule has 0 saturated heterocycles. The molecule has 0 saturated carbocycles. The summed E-state index contributed by atoms with van der Waals surface area (Å²) in [6.45, 7) is 2.13. The molecule has 2 heterocycles. The van der Waals surface area contributed by atoms with E-state index in [4.69, 9.17) is 4.74 Å². The molecule has 2 rings (SSSR count). The van der Waals surface area contributed by atoms with Crippen LogP contribution in [0.5, 0.6) is 0 Å². The fraction of sp³-hybridized carbons (Fsp3) is 0.300. The summed E-state index contributed by atoms with van der Waals surface area (Å²) in [5, 5.41) is 11.4. The number of rotatable bonds is 5. The van der Waals surface area contributed by atoms with Crippen LogP contribution in [0.25, 0.3) is 11.0 Å². The van der Waals surface area contributed by atoms with Crippen LogP contribution in [0.1, 0.15) is 6.92 Å². The third kappa shape index (κ3) is 3.04. The first-order valence-corrected chi connectivity index (χ1v) is 6.23. The van der Waals surface area contributed by atoms with Gasteiger partial charge in [-0.1, -0.05) is 0 Å². The van der Waals surface area contributed by atoms with E-state index in [0.717, 1.165) is 17.3 Å². The third-order valence-corrected chi connectivity index (χ3v) is 2.56. The van der Waals surface area contributed by atoms with Gasteiger partial charge in [0.05, 0.1) is 12.0 Å². The minimum absolute atomic E-state index is 0.141. The van der Waals surface area contributed by atoms with E-state index in [1.807, 2.05) is 6.07 Å². The molecular formula is C10H11N5O2S. The van der Waals surface area contributed by atoms with Crippen molar-refractivity contribution in [2.75, 3.05) is 12.4 Å². The summed E-state index contributed by atoms with van der Waals surface area (Å²) in [7, 11) is 0. The second-order valence-corrected chi connectivity index (χ2v) is 3.92. The number of nitrogens with one attached hydrogen (secondary N) is 1. The van der Waals surface area contributed by atoms with Crippen molar-refractivity contribution >= 4 is 34.8 Å². The van der Waals surface area contributed by atoms with Crippen molar-refractivity contribution in [3.63, 3.8) is 0 Å². The summed E-state index contributed by atoms with van der Waals surface area (Å²) in [5.41, 5.74) is 0.585. The van der Waals surface area contributed by atoms with E-state index in [-0.39, 0.29) is 11.7 Å². The van der Waals surface area contributed by atoms with Crippen LogP contribution < -0.4 is 0 Å². The Morgan fingerprint density at radius 2 is 2.50 bits per heavy atom. The lowest BCUT2D eigenvalue weighted by atomic mass is 10.3. The lowest BCUT2D eigenvalue weighted by Crippen LogP contribution is -2.05. The zero-order valence-electron chi connectivity index (χ0n) is 9.66. The molecule has 0 fully saturated rings. The van der Waals surface area contributed by atoms with Crippen LogP contribution in [0.15, 0.2) is 28.0 Å². The summed E-state index contributed by atoms with van der Waals surface area (Å²) < 4.78 is 8.59. The van der Waals surface area contributed by atoms with Crippen molar-refractivity contribution in [1.82, 2.24) is 15.2 Å². The number of H-pyrrole nitrogens is 1. The quantitative estimate of drug-likeness (QED) is 0.508. The number of aromatic amines is 1. The van der Waals surface area contributed by atoms with Crippen molar-refractivity contribution in [1.29, 1.82) is 0 Å². The average molecular weight is 265 g/mol. The number of aromatic nitrogens is 3. The molecule has 94 valence electrons. The van der Waals surface area contributed by atoms with Gasteiger partial charge in [0.15, 0.2) is 11.5 Å². The van der Waals surface area contributed by atoms with E-state index in [1.165, 1.54) is 0 Å². The van der Waals surface area contributed by atoms with Gasteiger partial charge in [0.1, 0.15) is 5.75 Å². The van der Waals surface area contributed by atoms with Crippen LogP contribution in [0.2, 0.25) is 0 Å². The molecule has 1 N–H and O–H groups in total.